The van der Waals surface area contributed by atoms with E-state index in [1.165, 1.54) is 101 Å². The molecule has 1 unspecified atom stereocenters. The quantitative estimate of drug-likeness (QED) is 0.162. The number of hydrogen-bond acceptors (Lipinski definition) is 2. The lowest BCUT2D eigenvalue weighted by Crippen LogP contribution is -2.60. The molecule has 2 aliphatic heterocycles. The Morgan fingerprint density at radius 2 is 1.28 bits per heavy atom. The number of fused-ring (bicyclic) bond motifs is 16. The highest BCUT2D eigenvalue weighted by Crippen LogP contribution is 2.61. The molecule has 3 aromatic heterocycles. The van der Waals surface area contributed by atoms with Crippen LogP contribution in [-0.2, 0) is 21.7 Å². The van der Waals surface area contributed by atoms with Crippen molar-refractivity contribution >= 4 is 72.6 Å². The average Bonchev–Trinajstić information content (AvgIpc) is 3.96. The van der Waals surface area contributed by atoms with Gasteiger partial charge in [0.05, 0.1) is 27.6 Å². The van der Waals surface area contributed by atoms with Crippen LogP contribution in [0.2, 0.25) is 0 Å². The van der Waals surface area contributed by atoms with E-state index in [0.717, 1.165) is 46.5 Å². The molecule has 318 valence electrons. The number of imidazole rings is 1. The molecule has 0 amide bonds. The van der Waals surface area contributed by atoms with Gasteiger partial charge in [0.1, 0.15) is 28.3 Å². The SMILES string of the molecule is CC(C)(C)c1ccc2c(c1)n1c3c(ccc4oc5ccccc5c43)c3c1n2-c1c2c(c4c5c1C(C)(C)CCC5(C)CCC4(C)C)Oc1c(cccc1-c1ccccc1-c1ccccc1)B23. The van der Waals surface area contributed by atoms with Gasteiger partial charge in [-0.25, -0.2) is 0 Å². The maximum atomic E-state index is 7.95. The van der Waals surface area contributed by atoms with E-state index in [2.05, 4.69) is 192 Å². The fraction of sp³-hybridized carbons (Fsp3) is 0.267. The summed E-state index contributed by atoms with van der Waals surface area (Å²) in [5.41, 5.74) is 22.5. The highest BCUT2D eigenvalue weighted by Gasteiger charge is 2.55. The van der Waals surface area contributed by atoms with Gasteiger partial charge in [0.25, 0.3) is 6.71 Å². The first kappa shape index (κ1) is 37.9. The van der Waals surface area contributed by atoms with Crippen LogP contribution in [0.5, 0.6) is 11.5 Å². The minimum atomic E-state index is -0.0962. The van der Waals surface area contributed by atoms with Crippen LogP contribution in [0.25, 0.3) is 77.5 Å². The van der Waals surface area contributed by atoms with E-state index in [-0.39, 0.29) is 28.4 Å². The standard InChI is InChI=1S/C60H53BN2O2/c1-57(2,3)35-25-27-42-43(33-35)63-52-40(26-28-45-46(52)39-21-14-15-24-44(39)64-45)50-56(63)62(42)53-48-47-49(59(6,7)30-32-60(47,8)31-29-58(48,4)5)55-51(53)61(50)41-23-16-22-38(54(41)65-55)37-20-13-12-19-36(37)34-17-10-9-11-18-34/h9-28,33H,29-32H2,1-8H3. The number of para-hydroxylation sites is 2. The van der Waals surface area contributed by atoms with Crippen LogP contribution in [-0.4, -0.2) is 15.7 Å². The Kier molecular flexibility index (Phi) is 7.14. The summed E-state index contributed by atoms with van der Waals surface area (Å²) in [6, 6.07) is 47.3. The molecule has 1 atom stereocenters. The van der Waals surface area contributed by atoms with Crippen LogP contribution in [0.1, 0.15) is 103 Å². The number of furan rings is 1. The third kappa shape index (κ3) is 4.74. The second-order valence-electron chi connectivity index (χ2n) is 22.5. The summed E-state index contributed by atoms with van der Waals surface area (Å²) >= 11 is 0. The first-order chi connectivity index (χ1) is 31.3. The molecule has 2 aliphatic carbocycles. The molecule has 14 rings (SSSR count). The fourth-order valence-corrected chi connectivity index (χ4v) is 13.3. The van der Waals surface area contributed by atoms with Crippen LogP contribution in [0.3, 0.4) is 0 Å². The van der Waals surface area contributed by atoms with E-state index in [1.54, 1.807) is 5.56 Å². The van der Waals surface area contributed by atoms with Gasteiger partial charge in [-0.2, -0.15) is 0 Å². The van der Waals surface area contributed by atoms with E-state index in [4.69, 9.17) is 9.15 Å². The molecular weight excluding hydrogens is 791 g/mol. The molecule has 0 spiro atoms. The lowest BCUT2D eigenvalue weighted by Gasteiger charge is -2.54. The number of rotatable bonds is 2. The molecule has 4 aliphatic rings. The Hall–Kier alpha value is -6.46. The lowest BCUT2D eigenvalue weighted by molar-refractivity contribution is 0.238. The normalized spacial score (nSPS) is 18.9. The average molecular weight is 845 g/mol. The van der Waals surface area contributed by atoms with Crippen molar-refractivity contribution in [3.8, 4) is 39.4 Å². The van der Waals surface area contributed by atoms with E-state index in [0.29, 0.717) is 0 Å². The summed E-state index contributed by atoms with van der Waals surface area (Å²) in [7, 11) is 0. The zero-order chi connectivity index (χ0) is 44.1. The summed E-state index contributed by atoms with van der Waals surface area (Å²) in [6.45, 7) is 19.6. The molecule has 5 heterocycles. The van der Waals surface area contributed by atoms with Crippen molar-refractivity contribution < 1.29 is 9.15 Å². The third-order valence-electron chi connectivity index (χ3n) is 16.7. The van der Waals surface area contributed by atoms with Gasteiger partial charge in [-0.3, -0.25) is 8.97 Å². The van der Waals surface area contributed by atoms with Gasteiger partial charge in [-0.1, -0.05) is 152 Å². The highest BCUT2D eigenvalue weighted by molar-refractivity contribution is 7.00. The highest BCUT2D eigenvalue weighted by atomic mass is 16.5. The van der Waals surface area contributed by atoms with Crippen molar-refractivity contribution in [2.75, 3.05) is 0 Å². The Labute approximate surface area is 380 Å². The molecule has 0 fully saturated rings. The minimum Gasteiger partial charge on any atom is -0.457 e. The van der Waals surface area contributed by atoms with Gasteiger partial charge in [-0.15, -0.1) is 0 Å². The third-order valence-corrected chi connectivity index (χ3v) is 16.7. The minimum absolute atomic E-state index is 0.0350. The summed E-state index contributed by atoms with van der Waals surface area (Å²) in [4.78, 5) is 0. The van der Waals surface area contributed by atoms with E-state index in [9.17, 15) is 0 Å². The largest absolute Gasteiger partial charge is 0.457 e. The van der Waals surface area contributed by atoms with Crippen LogP contribution >= 0.6 is 0 Å². The van der Waals surface area contributed by atoms with Gasteiger partial charge in [0.2, 0.25) is 0 Å². The summed E-state index contributed by atoms with van der Waals surface area (Å²) in [6.07, 6.45) is 4.62. The van der Waals surface area contributed by atoms with Crippen molar-refractivity contribution in [3.63, 3.8) is 0 Å². The van der Waals surface area contributed by atoms with Crippen LogP contribution in [0.15, 0.2) is 132 Å². The summed E-state index contributed by atoms with van der Waals surface area (Å²) < 4.78 is 20.0. The number of hydrogen-bond donors (Lipinski definition) is 0. The Morgan fingerprint density at radius 1 is 0.569 bits per heavy atom. The molecule has 10 aromatic rings. The zero-order valence-electron chi connectivity index (χ0n) is 38.7. The predicted octanol–water partition coefficient (Wildman–Crippen LogP) is 13.9. The van der Waals surface area contributed by atoms with E-state index >= 15 is 0 Å². The molecular formula is C60H53BN2O2. The van der Waals surface area contributed by atoms with Crippen LogP contribution in [0.4, 0.5) is 0 Å². The van der Waals surface area contributed by atoms with Crippen molar-refractivity contribution in [2.45, 2.75) is 103 Å². The Morgan fingerprint density at radius 3 is 2.06 bits per heavy atom. The number of benzene rings is 7. The second-order valence-corrected chi connectivity index (χ2v) is 22.5. The molecule has 0 bridgehead atoms. The van der Waals surface area contributed by atoms with Crippen LogP contribution in [0, 0.1) is 0 Å². The molecule has 65 heavy (non-hydrogen) atoms. The van der Waals surface area contributed by atoms with E-state index < -0.39 is 0 Å². The smallest absolute Gasteiger partial charge is 0.259 e. The van der Waals surface area contributed by atoms with Gasteiger partial charge >= 0.3 is 0 Å². The van der Waals surface area contributed by atoms with Crippen molar-refractivity contribution in [1.29, 1.82) is 0 Å². The lowest BCUT2D eigenvalue weighted by atomic mass is 9.33. The number of ether oxygens (including phenoxy) is 1. The van der Waals surface area contributed by atoms with Crippen molar-refractivity contribution in [3.05, 3.63) is 150 Å². The van der Waals surface area contributed by atoms with Gasteiger partial charge in [0, 0.05) is 16.5 Å². The first-order valence-corrected chi connectivity index (χ1v) is 23.9. The molecule has 7 aromatic carbocycles. The molecule has 4 nitrogen and oxygen atoms in total. The molecule has 0 saturated heterocycles. The Bertz CT molecular complexity index is 3750. The zero-order valence-corrected chi connectivity index (χ0v) is 38.7. The predicted molar refractivity (Wildman–Crippen MR) is 272 cm³/mol. The summed E-state index contributed by atoms with van der Waals surface area (Å²) in [5.74, 6) is 2.08. The maximum Gasteiger partial charge on any atom is 0.259 e. The molecule has 0 N–H and O–H groups in total. The Balaban J connectivity index is 1.23. The maximum absolute atomic E-state index is 7.95. The van der Waals surface area contributed by atoms with Gasteiger partial charge in [0.15, 0.2) is 0 Å². The monoisotopic (exact) mass is 844 g/mol. The van der Waals surface area contributed by atoms with Crippen molar-refractivity contribution in [1.82, 2.24) is 8.97 Å². The number of nitrogens with zero attached hydrogens (tertiary/aromatic N) is 2. The molecule has 0 radical (unpaired) electrons. The number of aromatic nitrogens is 2. The fourth-order valence-electron chi connectivity index (χ4n) is 13.3. The van der Waals surface area contributed by atoms with Gasteiger partial charge < -0.3 is 9.15 Å². The van der Waals surface area contributed by atoms with Crippen molar-refractivity contribution in [2.24, 2.45) is 0 Å². The molecule has 5 heteroatoms. The first-order valence-electron chi connectivity index (χ1n) is 23.9. The molecule has 0 saturated carbocycles. The van der Waals surface area contributed by atoms with Gasteiger partial charge in [-0.05, 0) is 133 Å². The van der Waals surface area contributed by atoms with E-state index in [1.807, 2.05) is 0 Å². The second kappa shape index (κ2) is 12.3. The van der Waals surface area contributed by atoms with Crippen LogP contribution < -0.4 is 21.1 Å². The summed E-state index contributed by atoms with van der Waals surface area (Å²) in [5, 5.41) is 3.61. The topological polar surface area (TPSA) is 31.7 Å².